The number of carbonyl (C=O) groups excluding carboxylic acids is 1. The number of aryl methyl sites for hydroxylation is 2. The van der Waals surface area contributed by atoms with E-state index >= 15 is 0 Å². The first-order valence-corrected chi connectivity index (χ1v) is 10.6. The van der Waals surface area contributed by atoms with E-state index in [0.29, 0.717) is 11.0 Å². The SMILES string of the molecule is COC(=O)/C(C(C)=N)=C(/O)CSc1nnc(-c2ccccc2)n1-c1ccc(C)c(C)c1. The van der Waals surface area contributed by atoms with Gasteiger partial charge in [0.25, 0.3) is 0 Å². The van der Waals surface area contributed by atoms with Gasteiger partial charge >= 0.3 is 5.97 Å². The van der Waals surface area contributed by atoms with E-state index in [-0.39, 0.29) is 22.8 Å². The molecule has 31 heavy (non-hydrogen) atoms. The van der Waals surface area contributed by atoms with Gasteiger partial charge in [0.15, 0.2) is 11.0 Å². The van der Waals surface area contributed by atoms with Crippen LogP contribution in [0.4, 0.5) is 0 Å². The topological polar surface area (TPSA) is 101 Å². The molecule has 0 aliphatic carbocycles. The molecule has 0 aliphatic rings. The van der Waals surface area contributed by atoms with Gasteiger partial charge in [0.1, 0.15) is 11.3 Å². The van der Waals surface area contributed by atoms with Gasteiger partial charge in [-0.3, -0.25) is 4.57 Å². The van der Waals surface area contributed by atoms with Crippen molar-refractivity contribution in [3.8, 4) is 17.1 Å². The van der Waals surface area contributed by atoms with Gasteiger partial charge in [-0.25, -0.2) is 4.79 Å². The molecule has 0 atom stereocenters. The lowest BCUT2D eigenvalue weighted by Crippen LogP contribution is -2.15. The Kier molecular flexibility index (Phi) is 6.91. The second kappa shape index (κ2) is 9.61. The number of aliphatic hydroxyl groups is 1. The maximum atomic E-state index is 11.9. The minimum Gasteiger partial charge on any atom is -0.510 e. The number of nitrogens with one attached hydrogen (secondary N) is 1. The summed E-state index contributed by atoms with van der Waals surface area (Å²) in [6.45, 7) is 5.52. The zero-order valence-corrected chi connectivity index (χ0v) is 18.7. The number of esters is 1. The molecule has 1 aromatic heterocycles. The van der Waals surface area contributed by atoms with E-state index in [1.807, 2.05) is 54.0 Å². The van der Waals surface area contributed by atoms with Crippen LogP contribution in [0, 0.1) is 19.3 Å². The molecule has 0 saturated heterocycles. The van der Waals surface area contributed by atoms with E-state index in [4.69, 9.17) is 5.41 Å². The average Bonchev–Trinajstić information content (AvgIpc) is 3.18. The minimum absolute atomic E-state index is 0.0401. The molecule has 0 radical (unpaired) electrons. The quantitative estimate of drug-likeness (QED) is 0.184. The molecule has 0 aliphatic heterocycles. The fourth-order valence-electron chi connectivity index (χ4n) is 3.03. The largest absolute Gasteiger partial charge is 0.510 e. The lowest BCUT2D eigenvalue weighted by Gasteiger charge is -2.13. The van der Waals surface area contributed by atoms with Crippen molar-refractivity contribution >= 4 is 23.4 Å². The molecule has 0 bridgehead atoms. The zero-order valence-electron chi connectivity index (χ0n) is 17.8. The summed E-state index contributed by atoms with van der Waals surface area (Å²) in [4.78, 5) is 11.9. The molecule has 0 amide bonds. The van der Waals surface area contributed by atoms with Crippen molar-refractivity contribution in [3.63, 3.8) is 0 Å². The van der Waals surface area contributed by atoms with Crippen LogP contribution >= 0.6 is 11.8 Å². The molecule has 8 heteroatoms. The number of rotatable bonds is 7. The highest BCUT2D eigenvalue weighted by molar-refractivity contribution is 7.99. The summed E-state index contributed by atoms with van der Waals surface area (Å²) in [6.07, 6.45) is 0. The summed E-state index contributed by atoms with van der Waals surface area (Å²) >= 11 is 1.23. The van der Waals surface area contributed by atoms with Crippen molar-refractivity contribution in [1.29, 1.82) is 5.41 Å². The van der Waals surface area contributed by atoms with E-state index in [0.717, 1.165) is 16.8 Å². The number of benzene rings is 2. The van der Waals surface area contributed by atoms with Crippen molar-refractivity contribution in [2.75, 3.05) is 12.9 Å². The second-order valence-electron chi connectivity index (χ2n) is 7.00. The maximum Gasteiger partial charge on any atom is 0.343 e. The molecule has 3 aromatic rings. The van der Waals surface area contributed by atoms with Gasteiger partial charge < -0.3 is 15.3 Å². The van der Waals surface area contributed by atoms with E-state index in [1.54, 1.807) is 0 Å². The van der Waals surface area contributed by atoms with Gasteiger partial charge in [-0.15, -0.1) is 10.2 Å². The van der Waals surface area contributed by atoms with Gasteiger partial charge in [-0.05, 0) is 44.0 Å². The number of aliphatic hydroxyl groups excluding tert-OH is 1. The third kappa shape index (κ3) is 4.86. The molecule has 0 saturated carbocycles. The Morgan fingerprint density at radius 3 is 2.45 bits per heavy atom. The standard InChI is InChI=1S/C23H24N4O3S/c1-14-10-11-18(12-15(14)2)27-21(17-8-6-5-7-9-17)25-26-23(27)31-13-19(28)20(16(3)24)22(29)30-4/h5-12,24,28H,13H2,1-4H3/b20-19+,24-16?. The Labute approximate surface area is 185 Å². The number of ether oxygens (including phenoxy) is 1. The molecule has 1 heterocycles. The van der Waals surface area contributed by atoms with Gasteiger partial charge in [-0.1, -0.05) is 48.2 Å². The van der Waals surface area contributed by atoms with E-state index in [2.05, 4.69) is 27.9 Å². The molecular formula is C23H24N4O3S. The van der Waals surface area contributed by atoms with Crippen LogP contribution in [0.5, 0.6) is 0 Å². The monoisotopic (exact) mass is 436 g/mol. The summed E-state index contributed by atoms with van der Waals surface area (Å²) in [7, 11) is 1.22. The Bertz CT molecular complexity index is 1150. The fourth-order valence-corrected chi connectivity index (χ4v) is 3.86. The highest BCUT2D eigenvalue weighted by Crippen LogP contribution is 2.30. The lowest BCUT2D eigenvalue weighted by molar-refractivity contribution is -0.135. The summed E-state index contributed by atoms with van der Waals surface area (Å²) in [5, 5.41) is 27.5. The van der Waals surface area contributed by atoms with Crippen molar-refractivity contribution < 1.29 is 14.6 Å². The molecular weight excluding hydrogens is 412 g/mol. The molecule has 160 valence electrons. The summed E-state index contributed by atoms with van der Waals surface area (Å²) in [6, 6.07) is 15.8. The molecule has 0 fully saturated rings. The lowest BCUT2D eigenvalue weighted by atomic mass is 10.1. The number of methoxy groups -OCH3 is 1. The minimum atomic E-state index is -0.744. The van der Waals surface area contributed by atoms with Crippen LogP contribution in [0.15, 0.2) is 65.0 Å². The maximum absolute atomic E-state index is 11.9. The second-order valence-corrected chi connectivity index (χ2v) is 7.95. The van der Waals surface area contributed by atoms with Gasteiger partial charge in [0.2, 0.25) is 0 Å². The third-order valence-electron chi connectivity index (χ3n) is 4.81. The van der Waals surface area contributed by atoms with Crippen molar-refractivity contribution in [1.82, 2.24) is 14.8 Å². The molecule has 0 spiro atoms. The summed E-state index contributed by atoms with van der Waals surface area (Å²) in [5.74, 6) is -0.268. The predicted molar refractivity (Wildman–Crippen MR) is 122 cm³/mol. The first-order valence-electron chi connectivity index (χ1n) is 9.60. The first kappa shape index (κ1) is 22.3. The van der Waals surface area contributed by atoms with Crippen LogP contribution in [-0.4, -0.2) is 44.4 Å². The Hall–Kier alpha value is -3.39. The molecule has 3 rings (SSSR count). The fraction of sp³-hybridized carbons (Fsp3) is 0.217. The normalized spacial score (nSPS) is 11.7. The van der Waals surface area contributed by atoms with Gasteiger partial charge in [0, 0.05) is 11.3 Å². The van der Waals surface area contributed by atoms with Gasteiger partial charge in [-0.2, -0.15) is 0 Å². The first-order chi connectivity index (χ1) is 14.8. The van der Waals surface area contributed by atoms with Crippen molar-refractivity contribution in [3.05, 3.63) is 71.0 Å². The summed E-state index contributed by atoms with van der Waals surface area (Å²) in [5.41, 5.74) is 3.91. The van der Waals surface area contributed by atoms with Crippen LogP contribution in [0.2, 0.25) is 0 Å². The van der Waals surface area contributed by atoms with Crippen LogP contribution in [0.3, 0.4) is 0 Å². The number of thioether (sulfide) groups is 1. The molecule has 2 N–H and O–H groups in total. The number of hydrogen-bond acceptors (Lipinski definition) is 7. The number of hydrogen-bond donors (Lipinski definition) is 2. The van der Waals surface area contributed by atoms with Crippen LogP contribution in [0.25, 0.3) is 17.1 Å². The number of carbonyl (C=O) groups is 1. The van der Waals surface area contributed by atoms with Crippen LogP contribution in [-0.2, 0) is 9.53 Å². The van der Waals surface area contributed by atoms with Crippen LogP contribution < -0.4 is 0 Å². The van der Waals surface area contributed by atoms with Crippen molar-refractivity contribution in [2.45, 2.75) is 25.9 Å². The predicted octanol–water partition coefficient (Wildman–Crippen LogP) is 4.67. The van der Waals surface area contributed by atoms with Gasteiger partial charge in [0.05, 0.1) is 18.6 Å². The Morgan fingerprint density at radius 1 is 1.13 bits per heavy atom. The number of aromatic nitrogens is 3. The smallest absolute Gasteiger partial charge is 0.343 e. The number of nitrogens with zero attached hydrogens (tertiary/aromatic N) is 3. The molecule has 0 unspecified atom stereocenters. The van der Waals surface area contributed by atoms with E-state index in [1.165, 1.54) is 31.4 Å². The highest BCUT2D eigenvalue weighted by atomic mass is 32.2. The third-order valence-corrected chi connectivity index (χ3v) is 5.75. The summed E-state index contributed by atoms with van der Waals surface area (Å²) < 4.78 is 6.61. The Morgan fingerprint density at radius 2 is 1.84 bits per heavy atom. The average molecular weight is 437 g/mol. The van der Waals surface area contributed by atoms with Crippen LogP contribution in [0.1, 0.15) is 18.1 Å². The molecule has 2 aromatic carbocycles. The Balaban J connectivity index is 2.05. The molecule has 7 nitrogen and oxygen atoms in total. The van der Waals surface area contributed by atoms with E-state index in [9.17, 15) is 9.90 Å². The van der Waals surface area contributed by atoms with Crippen molar-refractivity contribution in [2.24, 2.45) is 0 Å². The van der Waals surface area contributed by atoms with E-state index < -0.39 is 5.97 Å². The highest BCUT2D eigenvalue weighted by Gasteiger charge is 2.21. The zero-order chi connectivity index (χ0) is 22.5.